The van der Waals surface area contributed by atoms with Crippen LogP contribution in [0.15, 0.2) is 114 Å². The number of hydrogen-bond donors (Lipinski definition) is 6. The zero-order valence-corrected chi connectivity index (χ0v) is 48.2. The van der Waals surface area contributed by atoms with E-state index in [0.29, 0.717) is 54.8 Å². The molecule has 6 N–H and O–H groups in total. The third kappa shape index (κ3) is 12.7. The van der Waals surface area contributed by atoms with Crippen molar-refractivity contribution >= 4 is 90.5 Å². The van der Waals surface area contributed by atoms with Crippen molar-refractivity contribution in [1.29, 1.82) is 0 Å². The Bertz CT molecular complexity index is 3720. The van der Waals surface area contributed by atoms with E-state index < -0.39 is 61.1 Å². The number of nitrogens with zero attached hydrogens (tertiary/aromatic N) is 5. The highest BCUT2D eigenvalue weighted by molar-refractivity contribution is 7.90. The summed E-state index contributed by atoms with van der Waals surface area (Å²) < 4.78 is 36.4. The molecule has 5 heterocycles. The normalized spacial score (nSPS) is 20.2. The fraction of sp³-hybridized carbons (Fsp3) is 0.377. The molecule has 0 radical (unpaired) electrons. The second-order valence-electron chi connectivity index (χ2n) is 23.1. The number of ether oxygens (including phenoxy) is 1. The number of piperidine rings is 1. The monoisotopic (exact) mass is 1180 g/mol. The number of nitrogens with one attached hydrogen (secondary N) is 6. The topological polar surface area (TPSA) is 270 Å². The molecule has 5 aliphatic rings. The minimum atomic E-state index is -4.65. The first kappa shape index (κ1) is 57.6. The van der Waals surface area contributed by atoms with E-state index in [2.05, 4.69) is 71.7 Å². The van der Waals surface area contributed by atoms with Gasteiger partial charge < -0.3 is 30.6 Å². The average molecular weight is 1180 g/mol. The smallest absolute Gasteiger partial charge is 0.293 e. The van der Waals surface area contributed by atoms with Crippen LogP contribution >= 0.6 is 11.6 Å². The summed E-state index contributed by atoms with van der Waals surface area (Å²) in [4.78, 5) is 89.6. The zero-order valence-electron chi connectivity index (χ0n) is 46.7. The maximum absolute atomic E-state index is 14.2. The molecule has 0 bridgehead atoms. The van der Waals surface area contributed by atoms with Crippen molar-refractivity contribution in [2.24, 2.45) is 11.3 Å². The van der Waals surface area contributed by atoms with Gasteiger partial charge in [-0.1, -0.05) is 49.2 Å². The van der Waals surface area contributed by atoms with Gasteiger partial charge in [-0.3, -0.25) is 49.2 Å². The number of anilines is 3. The maximum atomic E-state index is 14.2. The number of sulfonamides is 1. The molecule has 1 atom stereocenters. The Morgan fingerprint density at radius 1 is 0.869 bits per heavy atom. The number of carbonyl (C=O) groups excluding carboxylic acids is 5. The first-order valence-corrected chi connectivity index (χ1v) is 30.3. The highest BCUT2D eigenvalue weighted by atomic mass is 35.5. The lowest BCUT2D eigenvalue weighted by Crippen LogP contribution is -2.54. The number of H-pyrrole nitrogens is 1. The molecule has 11 rings (SSSR count). The van der Waals surface area contributed by atoms with Crippen LogP contribution in [-0.4, -0.2) is 127 Å². The van der Waals surface area contributed by atoms with E-state index in [-0.39, 0.29) is 58.3 Å². The van der Waals surface area contributed by atoms with E-state index in [4.69, 9.17) is 16.3 Å². The third-order valence-corrected chi connectivity index (χ3v) is 18.4. The van der Waals surface area contributed by atoms with Crippen molar-refractivity contribution in [2.75, 3.05) is 67.9 Å². The van der Waals surface area contributed by atoms with E-state index in [9.17, 15) is 42.5 Å². The van der Waals surface area contributed by atoms with Crippen LogP contribution in [0.25, 0.3) is 16.6 Å². The number of aromatic nitrogens is 2. The van der Waals surface area contributed by atoms with Crippen LogP contribution < -0.4 is 35.6 Å². The highest BCUT2D eigenvalue weighted by Crippen LogP contribution is 2.44. The van der Waals surface area contributed by atoms with Gasteiger partial charge in [0.25, 0.3) is 33.4 Å². The summed E-state index contributed by atoms with van der Waals surface area (Å²) >= 11 is 6.27. The summed E-state index contributed by atoms with van der Waals surface area (Å²) in [6, 6.07) is 24.3. The van der Waals surface area contributed by atoms with Gasteiger partial charge in [0, 0.05) is 105 Å². The number of aromatic amines is 1. The molecule has 4 aromatic carbocycles. The number of fused-ring (bicyclic) bond motifs is 2. The molecule has 2 saturated heterocycles. The number of piperazine rings is 1. The largest absolute Gasteiger partial charge is 0.455 e. The lowest BCUT2D eigenvalue weighted by atomic mass is 9.72. The summed E-state index contributed by atoms with van der Waals surface area (Å²) in [6.45, 7) is 9.88. The molecular weight excluding hydrogens is 1110 g/mol. The van der Waals surface area contributed by atoms with Crippen molar-refractivity contribution in [3.8, 4) is 11.5 Å². The van der Waals surface area contributed by atoms with Crippen LogP contribution in [-0.2, 0) is 19.6 Å². The lowest BCUT2D eigenvalue weighted by Gasteiger charge is -2.39. The summed E-state index contributed by atoms with van der Waals surface area (Å²) in [6.07, 6.45) is 9.78. The van der Waals surface area contributed by atoms with Crippen LogP contribution in [0.5, 0.6) is 11.5 Å². The number of hydrogen-bond acceptors (Lipinski definition) is 16. The number of nitro benzene ring substituents is 1. The second-order valence-corrected chi connectivity index (χ2v) is 25.2. The van der Waals surface area contributed by atoms with Gasteiger partial charge in [-0.2, -0.15) is 0 Å². The van der Waals surface area contributed by atoms with Crippen molar-refractivity contribution in [1.82, 2.24) is 35.1 Å². The van der Waals surface area contributed by atoms with Crippen molar-refractivity contribution in [2.45, 2.75) is 88.6 Å². The van der Waals surface area contributed by atoms with Crippen LogP contribution in [0.3, 0.4) is 0 Å². The summed E-state index contributed by atoms with van der Waals surface area (Å²) in [5.74, 6) is -2.66. The van der Waals surface area contributed by atoms with Gasteiger partial charge in [0.1, 0.15) is 28.9 Å². The molecule has 3 fully saturated rings. The Morgan fingerprint density at radius 2 is 1.65 bits per heavy atom. The Hall–Kier alpha value is -8.18. The number of imide groups is 2. The minimum absolute atomic E-state index is 0.0320. The molecule has 5 amide bonds. The van der Waals surface area contributed by atoms with Gasteiger partial charge in [-0.15, -0.1) is 0 Å². The van der Waals surface area contributed by atoms with Crippen LogP contribution in [0, 0.1) is 21.4 Å². The number of halogens is 1. The van der Waals surface area contributed by atoms with Crippen molar-refractivity contribution in [3.63, 3.8) is 0 Å². The van der Waals surface area contributed by atoms with Gasteiger partial charge >= 0.3 is 0 Å². The van der Waals surface area contributed by atoms with Crippen LogP contribution in [0.2, 0.25) is 5.02 Å². The maximum Gasteiger partial charge on any atom is 0.293 e. The molecule has 21 nitrogen and oxygen atoms in total. The SMILES string of the molecule is CC1(C)CCC(CN2CCN(c3ccc(C(=O)NS(=O)(=O)c4ccc(NC[C@H]5CC[C@@H](NCCNc6cccc7c6C(=O)N(C6CCC(=O)NC6=O)C7=O)CC5)c([N+](=O)[O-])c4)c(Oc4cnc5[nH]ccc5c4)c3)CC2)=C(c2ccc(Cl)cc2)C1. The average Bonchev–Trinajstić information content (AvgIpc) is 4.24. The molecule has 1 saturated carbocycles. The van der Waals surface area contributed by atoms with Crippen LogP contribution in [0.1, 0.15) is 108 Å². The number of pyridine rings is 1. The molecule has 3 aliphatic heterocycles. The molecule has 438 valence electrons. The van der Waals surface area contributed by atoms with Gasteiger partial charge in [-0.25, -0.2) is 18.1 Å². The van der Waals surface area contributed by atoms with Gasteiger partial charge in [0.15, 0.2) is 0 Å². The molecule has 0 spiro atoms. The Balaban J connectivity index is 0.695. The molecule has 2 aromatic heterocycles. The number of allylic oxidation sites excluding steroid dienone is 1. The van der Waals surface area contributed by atoms with Crippen molar-refractivity contribution < 1.29 is 42.1 Å². The highest BCUT2D eigenvalue weighted by Gasteiger charge is 2.46. The van der Waals surface area contributed by atoms with E-state index in [1.54, 1.807) is 42.6 Å². The molecule has 2 aliphatic carbocycles. The Kier molecular flexibility index (Phi) is 16.6. The fourth-order valence-electron chi connectivity index (χ4n) is 12.2. The predicted octanol–water partition coefficient (Wildman–Crippen LogP) is 8.90. The Morgan fingerprint density at radius 3 is 2.42 bits per heavy atom. The molecule has 6 aromatic rings. The fourth-order valence-corrected chi connectivity index (χ4v) is 13.3. The second kappa shape index (κ2) is 24.2. The van der Waals surface area contributed by atoms with Crippen molar-refractivity contribution in [3.05, 3.63) is 146 Å². The number of amides is 5. The number of rotatable bonds is 19. The Labute approximate surface area is 491 Å². The first-order chi connectivity index (χ1) is 40.4. The first-order valence-electron chi connectivity index (χ1n) is 28.5. The third-order valence-electron chi connectivity index (χ3n) is 16.8. The lowest BCUT2D eigenvalue weighted by molar-refractivity contribution is -0.384. The molecular formula is C61H66ClN11O10S. The zero-order chi connectivity index (χ0) is 58.9. The van der Waals surface area contributed by atoms with E-state index >= 15 is 0 Å². The number of carbonyl (C=O) groups is 5. The summed E-state index contributed by atoms with van der Waals surface area (Å²) in [5.41, 5.74) is 6.15. The van der Waals surface area contributed by atoms with Gasteiger partial charge in [0.05, 0.1) is 32.7 Å². The minimum Gasteiger partial charge on any atom is -0.455 e. The van der Waals surface area contributed by atoms with Crippen LogP contribution in [0.4, 0.5) is 22.7 Å². The summed E-state index contributed by atoms with van der Waals surface area (Å²) in [7, 11) is -4.65. The standard InChI is InChI=1S/C61H66ClN11O10S/c1-61(2)22-20-40(48(33-61)38-8-10-41(62)11-9-38)36-70-26-28-71(29-27-70)43-14-16-46(53(31-43)83-44-30-39-21-23-65-56(39)67-35-44)57(75)69-84(81,82)45-15-17-49(52(32-45)73(79)80)66-34-37-6-12-42(13-7-37)63-24-25-64-50-5-3-4-47-55(50)60(78)72(59(47)77)51-18-19-54(74)68-58(51)76/h3-5,8-11,14-17,21,23,30-32,35,37,42,51,63-64,66H,6-7,12-13,18-20,22,24-29,33-34,36H2,1-2H3,(H,65,67)(H,69,75)(H,68,74,76)/t37-,42+,51?. The number of benzene rings is 4. The van der Waals surface area contributed by atoms with E-state index in [0.717, 1.165) is 86.6 Å². The van der Waals surface area contributed by atoms with Gasteiger partial charge in [0.2, 0.25) is 11.8 Å². The van der Waals surface area contributed by atoms with E-state index in [1.165, 1.54) is 41.1 Å². The van der Waals surface area contributed by atoms with Gasteiger partial charge in [-0.05, 0) is 134 Å². The quantitative estimate of drug-likeness (QED) is 0.0191. The predicted molar refractivity (Wildman–Crippen MR) is 319 cm³/mol. The number of nitro groups is 1. The molecule has 1 unspecified atom stereocenters. The van der Waals surface area contributed by atoms with E-state index in [1.807, 2.05) is 18.2 Å². The molecule has 84 heavy (non-hydrogen) atoms. The summed E-state index contributed by atoms with van der Waals surface area (Å²) in [5, 5.41) is 26.1. The molecule has 23 heteroatoms.